The van der Waals surface area contributed by atoms with Crippen LogP contribution in [-0.2, 0) is 17.6 Å². The quantitative estimate of drug-likeness (QED) is 0.908. The predicted octanol–water partition coefficient (Wildman–Crippen LogP) is 1.88. The van der Waals surface area contributed by atoms with Crippen molar-refractivity contribution in [3.05, 3.63) is 44.2 Å². The first kappa shape index (κ1) is 12.8. The highest BCUT2D eigenvalue weighted by atomic mass is 79.9. The summed E-state index contributed by atoms with van der Waals surface area (Å²) in [6, 6.07) is 5.43. The number of aromatic nitrogens is 1. The number of primary amides is 1. The minimum atomic E-state index is -0.447. The molecule has 18 heavy (non-hydrogen) atoms. The van der Waals surface area contributed by atoms with Gasteiger partial charge in [-0.15, -0.1) is 0 Å². The fraction of sp³-hybridized carbons (Fsp3) is 0.231. The van der Waals surface area contributed by atoms with Crippen molar-refractivity contribution in [2.24, 2.45) is 5.73 Å². The summed E-state index contributed by atoms with van der Waals surface area (Å²) in [5.41, 5.74) is 7.12. The minimum Gasteiger partial charge on any atom is -0.369 e. The fourth-order valence-electron chi connectivity index (χ4n) is 2.05. The standard InChI is InChI=1S/C13H13BrN2O2/c1-2-8-11(6-12(15)17)16-10-4-3-7(14)5-9(10)13(8)18/h3-5H,2,6H2,1H3,(H2,15,17)(H,16,18). The molecule has 4 nitrogen and oxygen atoms in total. The first-order chi connectivity index (χ1) is 8.52. The number of aromatic amines is 1. The molecule has 2 rings (SSSR count). The number of halogens is 1. The van der Waals surface area contributed by atoms with Crippen LogP contribution in [0.4, 0.5) is 0 Å². The van der Waals surface area contributed by atoms with Crippen LogP contribution < -0.4 is 11.2 Å². The minimum absolute atomic E-state index is 0.0381. The van der Waals surface area contributed by atoms with Crippen molar-refractivity contribution < 1.29 is 4.79 Å². The lowest BCUT2D eigenvalue weighted by atomic mass is 10.0. The SMILES string of the molecule is CCc1c(CC(N)=O)[nH]c2ccc(Br)cc2c1=O. The molecular formula is C13H13BrN2O2. The molecular weight excluding hydrogens is 296 g/mol. The number of benzene rings is 1. The van der Waals surface area contributed by atoms with E-state index in [-0.39, 0.29) is 11.8 Å². The van der Waals surface area contributed by atoms with Gasteiger partial charge in [-0.3, -0.25) is 9.59 Å². The Bertz CT molecular complexity index is 676. The molecule has 0 radical (unpaired) electrons. The number of amides is 1. The Balaban J connectivity index is 2.77. The number of hydrogen-bond acceptors (Lipinski definition) is 2. The summed E-state index contributed by atoms with van der Waals surface area (Å²) in [5, 5.41) is 0.620. The van der Waals surface area contributed by atoms with Gasteiger partial charge < -0.3 is 10.7 Å². The van der Waals surface area contributed by atoms with Gasteiger partial charge in [-0.05, 0) is 24.6 Å². The number of nitrogens with one attached hydrogen (secondary N) is 1. The van der Waals surface area contributed by atoms with Crippen LogP contribution in [0.15, 0.2) is 27.5 Å². The Morgan fingerprint density at radius 3 is 2.78 bits per heavy atom. The predicted molar refractivity (Wildman–Crippen MR) is 74.5 cm³/mol. The molecule has 1 heterocycles. The Kier molecular flexibility index (Phi) is 3.52. The highest BCUT2D eigenvalue weighted by Gasteiger charge is 2.12. The largest absolute Gasteiger partial charge is 0.369 e. The van der Waals surface area contributed by atoms with E-state index in [1.54, 1.807) is 6.07 Å². The van der Waals surface area contributed by atoms with Crippen LogP contribution in [0, 0.1) is 0 Å². The lowest BCUT2D eigenvalue weighted by molar-refractivity contribution is -0.117. The van der Waals surface area contributed by atoms with Crippen LogP contribution in [-0.4, -0.2) is 10.9 Å². The van der Waals surface area contributed by atoms with E-state index in [2.05, 4.69) is 20.9 Å². The van der Waals surface area contributed by atoms with Crippen molar-refractivity contribution in [3.63, 3.8) is 0 Å². The average Bonchev–Trinajstić information content (AvgIpc) is 2.30. The van der Waals surface area contributed by atoms with Gasteiger partial charge in [0.2, 0.25) is 5.91 Å². The number of H-pyrrole nitrogens is 1. The number of carbonyl (C=O) groups excluding carboxylic acids is 1. The van der Waals surface area contributed by atoms with E-state index < -0.39 is 5.91 Å². The van der Waals surface area contributed by atoms with Crippen molar-refractivity contribution in [2.45, 2.75) is 19.8 Å². The molecule has 0 atom stereocenters. The van der Waals surface area contributed by atoms with Crippen LogP contribution >= 0.6 is 15.9 Å². The first-order valence-electron chi connectivity index (χ1n) is 5.64. The molecule has 2 aromatic rings. The number of fused-ring (bicyclic) bond motifs is 1. The molecule has 1 aromatic carbocycles. The number of rotatable bonds is 3. The number of nitrogens with two attached hydrogens (primary N) is 1. The maximum atomic E-state index is 12.3. The van der Waals surface area contributed by atoms with Gasteiger partial charge in [-0.25, -0.2) is 0 Å². The van der Waals surface area contributed by atoms with E-state index in [4.69, 9.17) is 5.73 Å². The summed E-state index contributed by atoms with van der Waals surface area (Å²) in [5.74, 6) is -0.447. The summed E-state index contributed by atoms with van der Waals surface area (Å²) in [4.78, 5) is 26.5. The maximum absolute atomic E-state index is 12.3. The summed E-state index contributed by atoms with van der Waals surface area (Å²) >= 11 is 3.34. The van der Waals surface area contributed by atoms with Gasteiger partial charge in [0.25, 0.3) is 0 Å². The lowest BCUT2D eigenvalue weighted by Gasteiger charge is -2.08. The molecule has 0 aliphatic rings. The molecule has 0 aliphatic carbocycles. The molecule has 0 unspecified atom stereocenters. The molecule has 3 N–H and O–H groups in total. The van der Waals surface area contributed by atoms with Crippen molar-refractivity contribution >= 4 is 32.7 Å². The third-order valence-corrected chi connectivity index (χ3v) is 3.35. The zero-order valence-corrected chi connectivity index (χ0v) is 11.5. The second-order valence-corrected chi connectivity index (χ2v) is 5.01. The van der Waals surface area contributed by atoms with Crippen molar-refractivity contribution in [3.8, 4) is 0 Å². The number of carbonyl (C=O) groups is 1. The number of pyridine rings is 1. The zero-order valence-electron chi connectivity index (χ0n) is 9.92. The van der Waals surface area contributed by atoms with Crippen LogP contribution in [0.25, 0.3) is 10.9 Å². The van der Waals surface area contributed by atoms with Gasteiger partial charge in [0, 0.05) is 26.6 Å². The van der Waals surface area contributed by atoms with Crippen LogP contribution in [0.5, 0.6) is 0 Å². The monoisotopic (exact) mass is 308 g/mol. The fourth-order valence-corrected chi connectivity index (χ4v) is 2.41. The average molecular weight is 309 g/mol. The lowest BCUT2D eigenvalue weighted by Crippen LogP contribution is -2.20. The molecule has 0 spiro atoms. The zero-order chi connectivity index (χ0) is 13.3. The maximum Gasteiger partial charge on any atom is 0.223 e. The third-order valence-electron chi connectivity index (χ3n) is 2.85. The molecule has 1 amide bonds. The van der Waals surface area contributed by atoms with E-state index in [0.717, 1.165) is 9.99 Å². The molecule has 0 aliphatic heterocycles. The van der Waals surface area contributed by atoms with Crippen LogP contribution in [0.1, 0.15) is 18.2 Å². The third kappa shape index (κ3) is 2.31. The summed E-state index contributed by atoms with van der Waals surface area (Å²) < 4.78 is 0.852. The molecule has 1 aromatic heterocycles. The summed E-state index contributed by atoms with van der Waals surface area (Å²) in [6.45, 7) is 1.89. The highest BCUT2D eigenvalue weighted by molar-refractivity contribution is 9.10. The second-order valence-electron chi connectivity index (χ2n) is 4.10. The van der Waals surface area contributed by atoms with Crippen molar-refractivity contribution in [1.82, 2.24) is 4.98 Å². The van der Waals surface area contributed by atoms with Gasteiger partial charge in [0.05, 0.1) is 6.42 Å². The van der Waals surface area contributed by atoms with Crippen LogP contribution in [0.2, 0.25) is 0 Å². The molecule has 94 valence electrons. The normalized spacial score (nSPS) is 10.8. The van der Waals surface area contributed by atoms with E-state index in [1.807, 2.05) is 19.1 Å². The molecule has 0 saturated heterocycles. The Morgan fingerprint density at radius 2 is 2.17 bits per heavy atom. The first-order valence-corrected chi connectivity index (χ1v) is 6.43. The van der Waals surface area contributed by atoms with E-state index in [0.29, 0.717) is 23.1 Å². The Morgan fingerprint density at radius 1 is 1.44 bits per heavy atom. The second kappa shape index (κ2) is 4.94. The van der Waals surface area contributed by atoms with Gasteiger partial charge in [-0.2, -0.15) is 0 Å². The summed E-state index contributed by atoms with van der Waals surface area (Å²) in [7, 11) is 0. The van der Waals surface area contributed by atoms with E-state index in [9.17, 15) is 9.59 Å². The Hall–Kier alpha value is -1.62. The van der Waals surface area contributed by atoms with Crippen molar-refractivity contribution in [1.29, 1.82) is 0 Å². The van der Waals surface area contributed by atoms with Gasteiger partial charge in [0.1, 0.15) is 0 Å². The molecule has 0 bridgehead atoms. The van der Waals surface area contributed by atoms with Gasteiger partial charge in [0.15, 0.2) is 5.43 Å². The molecule has 0 fully saturated rings. The Labute approximate surface area is 112 Å². The highest BCUT2D eigenvalue weighted by Crippen LogP contribution is 2.18. The van der Waals surface area contributed by atoms with Gasteiger partial charge in [-0.1, -0.05) is 22.9 Å². The smallest absolute Gasteiger partial charge is 0.223 e. The van der Waals surface area contributed by atoms with E-state index in [1.165, 1.54) is 0 Å². The molecule has 5 heteroatoms. The van der Waals surface area contributed by atoms with E-state index >= 15 is 0 Å². The summed E-state index contributed by atoms with van der Waals surface area (Å²) in [6.07, 6.45) is 0.630. The topological polar surface area (TPSA) is 76.0 Å². The van der Waals surface area contributed by atoms with Crippen LogP contribution in [0.3, 0.4) is 0 Å². The van der Waals surface area contributed by atoms with Crippen molar-refractivity contribution in [2.75, 3.05) is 0 Å². The number of hydrogen-bond donors (Lipinski definition) is 2. The van der Waals surface area contributed by atoms with Gasteiger partial charge >= 0.3 is 0 Å². The molecule has 0 saturated carbocycles.